The van der Waals surface area contributed by atoms with Crippen molar-refractivity contribution in [2.75, 3.05) is 13.7 Å². The van der Waals surface area contributed by atoms with Crippen LogP contribution in [0.15, 0.2) is 54.6 Å². The molecule has 1 saturated heterocycles. The van der Waals surface area contributed by atoms with Crippen molar-refractivity contribution in [3.8, 4) is 11.1 Å². The molecule has 0 aliphatic carbocycles. The lowest BCUT2D eigenvalue weighted by molar-refractivity contribution is 0.0792. The molecule has 0 bridgehead atoms. The number of nitrogens with zero attached hydrogens (tertiary/aromatic N) is 1. The summed E-state index contributed by atoms with van der Waals surface area (Å²) < 4.78 is 32.9. The topological polar surface area (TPSA) is 75.7 Å². The summed E-state index contributed by atoms with van der Waals surface area (Å²) in [4.78, 5) is 14.1. The number of hydrogen-bond donors (Lipinski definition) is 1. The molecule has 0 radical (unpaired) electrons. The Morgan fingerprint density at radius 3 is 2.50 bits per heavy atom. The molecule has 1 aliphatic rings. The lowest BCUT2D eigenvalue weighted by atomic mass is 9.90. The van der Waals surface area contributed by atoms with Crippen LogP contribution in [0.1, 0.15) is 32.3 Å². The van der Waals surface area contributed by atoms with Crippen LogP contribution in [0.5, 0.6) is 0 Å². The van der Waals surface area contributed by atoms with Gasteiger partial charge in [-0.2, -0.15) is 0 Å². The molecule has 30 heavy (non-hydrogen) atoms. The molecular formula is C23H30N2O4S. The number of hydrogen-bond acceptors (Lipinski definition) is 4. The summed E-state index contributed by atoms with van der Waals surface area (Å²) in [6.45, 7) is 3.86. The van der Waals surface area contributed by atoms with E-state index in [1.165, 1.54) is 7.11 Å². The van der Waals surface area contributed by atoms with Crippen LogP contribution in [0, 0.1) is 0 Å². The van der Waals surface area contributed by atoms with Gasteiger partial charge < -0.3 is 9.64 Å². The Bertz CT molecular complexity index is 960. The second-order valence-electron chi connectivity index (χ2n) is 7.96. The van der Waals surface area contributed by atoms with Crippen LogP contribution in [0.2, 0.25) is 0 Å². The van der Waals surface area contributed by atoms with Crippen molar-refractivity contribution in [2.24, 2.45) is 0 Å². The second-order valence-corrected chi connectivity index (χ2v) is 10.2. The van der Waals surface area contributed by atoms with Gasteiger partial charge >= 0.3 is 6.09 Å². The van der Waals surface area contributed by atoms with E-state index >= 15 is 0 Å². The number of carbonyl (C=O) groups excluding carboxylic acids is 1. The zero-order valence-electron chi connectivity index (χ0n) is 17.7. The van der Waals surface area contributed by atoms with Gasteiger partial charge in [0.25, 0.3) is 0 Å². The quantitative estimate of drug-likeness (QED) is 0.756. The number of sulfonamides is 1. The van der Waals surface area contributed by atoms with Gasteiger partial charge in [-0.15, -0.1) is 0 Å². The molecule has 2 atom stereocenters. The van der Waals surface area contributed by atoms with Crippen LogP contribution in [-0.2, 0) is 21.2 Å². The molecule has 6 nitrogen and oxygen atoms in total. The van der Waals surface area contributed by atoms with E-state index in [4.69, 9.17) is 4.74 Å². The van der Waals surface area contributed by atoms with Crippen molar-refractivity contribution in [1.82, 2.24) is 9.62 Å². The molecule has 3 rings (SSSR count). The average Bonchev–Trinajstić information content (AvgIpc) is 2.75. The lowest BCUT2D eigenvalue weighted by Crippen LogP contribution is -2.58. The molecule has 0 unspecified atom stereocenters. The van der Waals surface area contributed by atoms with Gasteiger partial charge in [-0.25, -0.2) is 17.9 Å². The van der Waals surface area contributed by atoms with Crippen molar-refractivity contribution in [2.45, 2.75) is 50.4 Å². The average molecular weight is 431 g/mol. The summed E-state index contributed by atoms with van der Waals surface area (Å²) in [5.74, 6) is 0. The number of amides is 1. The number of methoxy groups -OCH3 is 1. The largest absolute Gasteiger partial charge is 0.453 e. The highest BCUT2D eigenvalue weighted by Gasteiger charge is 2.37. The van der Waals surface area contributed by atoms with E-state index in [-0.39, 0.29) is 12.1 Å². The molecule has 0 spiro atoms. The van der Waals surface area contributed by atoms with Gasteiger partial charge in [0.15, 0.2) is 0 Å². The molecule has 1 heterocycles. The van der Waals surface area contributed by atoms with Crippen LogP contribution in [0.25, 0.3) is 11.1 Å². The SMILES string of the molecule is COC(=O)N1CCC[C@@H](NS(=O)(=O)C(C)C)[C@H]1Cc1cccc(-c2ccccc2)c1. The van der Waals surface area contributed by atoms with Crippen molar-refractivity contribution in [3.05, 3.63) is 60.2 Å². The Morgan fingerprint density at radius 2 is 1.83 bits per heavy atom. The summed E-state index contributed by atoms with van der Waals surface area (Å²) in [6, 6.07) is 17.6. The molecule has 1 fully saturated rings. The number of rotatable bonds is 6. The van der Waals surface area contributed by atoms with E-state index in [9.17, 15) is 13.2 Å². The van der Waals surface area contributed by atoms with Gasteiger partial charge in [0.1, 0.15) is 0 Å². The van der Waals surface area contributed by atoms with Gasteiger partial charge in [-0.05, 0) is 49.8 Å². The minimum Gasteiger partial charge on any atom is -0.453 e. The van der Waals surface area contributed by atoms with E-state index in [0.29, 0.717) is 19.4 Å². The van der Waals surface area contributed by atoms with Crippen LogP contribution >= 0.6 is 0 Å². The number of nitrogens with one attached hydrogen (secondary N) is 1. The fraction of sp³-hybridized carbons (Fsp3) is 0.435. The Kier molecular flexibility index (Phi) is 7.15. The highest BCUT2D eigenvalue weighted by molar-refractivity contribution is 7.90. The molecule has 0 aromatic heterocycles. The van der Waals surface area contributed by atoms with Crippen molar-refractivity contribution in [1.29, 1.82) is 0 Å². The zero-order chi connectivity index (χ0) is 21.7. The summed E-state index contributed by atoms with van der Waals surface area (Å²) in [6.07, 6.45) is 1.53. The highest BCUT2D eigenvalue weighted by Crippen LogP contribution is 2.26. The van der Waals surface area contributed by atoms with E-state index in [0.717, 1.165) is 23.1 Å². The van der Waals surface area contributed by atoms with Crippen LogP contribution < -0.4 is 4.72 Å². The fourth-order valence-corrected chi connectivity index (χ4v) is 4.86. The molecule has 1 amide bonds. The Hall–Kier alpha value is -2.38. The first-order valence-corrected chi connectivity index (χ1v) is 11.9. The minimum absolute atomic E-state index is 0.314. The number of carbonyl (C=O) groups is 1. The van der Waals surface area contributed by atoms with Gasteiger partial charge in [0, 0.05) is 12.6 Å². The van der Waals surface area contributed by atoms with E-state index in [1.807, 2.05) is 30.3 Å². The first-order valence-electron chi connectivity index (χ1n) is 10.3. The second kappa shape index (κ2) is 9.62. The van der Waals surface area contributed by atoms with E-state index in [2.05, 4.69) is 29.0 Å². The standard InChI is InChI=1S/C23H30N2O4S/c1-17(2)30(27,28)24-21-13-8-14-25(23(26)29-3)22(21)16-18-9-7-12-20(15-18)19-10-5-4-6-11-19/h4-7,9-12,15,17,21-22,24H,8,13-14,16H2,1-3H3/t21-,22-/m1/s1. The lowest BCUT2D eigenvalue weighted by Gasteiger charge is -2.41. The van der Waals surface area contributed by atoms with Gasteiger partial charge in [-0.1, -0.05) is 54.6 Å². The van der Waals surface area contributed by atoms with E-state index in [1.54, 1.807) is 18.7 Å². The van der Waals surface area contributed by atoms with Gasteiger partial charge in [0.05, 0.1) is 18.4 Å². The van der Waals surface area contributed by atoms with Crippen LogP contribution in [-0.4, -0.2) is 50.4 Å². The van der Waals surface area contributed by atoms with Crippen molar-refractivity contribution in [3.63, 3.8) is 0 Å². The molecule has 162 valence electrons. The minimum atomic E-state index is -3.46. The number of benzene rings is 2. The smallest absolute Gasteiger partial charge is 0.409 e. The molecule has 0 saturated carbocycles. The molecule has 7 heteroatoms. The van der Waals surface area contributed by atoms with Gasteiger partial charge in [0.2, 0.25) is 10.0 Å². The van der Waals surface area contributed by atoms with Gasteiger partial charge in [-0.3, -0.25) is 0 Å². The maximum absolute atomic E-state index is 12.5. The third-order valence-electron chi connectivity index (χ3n) is 5.60. The number of ether oxygens (including phenoxy) is 1. The molecule has 1 N–H and O–H groups in total. The summed E-state index contributed by atoms with van der Waals surface area (Å²) >= 11 is 0. The first kappa shape index (κ1) is 22.3. The maximum atomic E-state index is 12.5. The number of piperidine rings is 1. The van der Waals surface area contributed by atoms with E-state index < -0.39 is 21.4 Å². The maximum Gasteiger partial charge on any atom is 0.409 e. The normalized spacial score (nSPS) is 19.7. The molecular weight excluding hydrogens is 400 g/mol. The monoisotopic (exact) mass is 430 g/mol. The Labute approximate surface area is 179 Å². The van der Waals surface area contributed by atoms with Crippen molar-refractivity contribution >= 4 is 16.1 Å². The summed E-state index contributed by atoms with van der Waals surface area (Å²) in [5.41, 5.74) is 3.25. The fourth-order valence-electron chi connectivity index (χ4n) is 3.89. The third-order valence-corrected chi connectivity index (χ3v) is 7.48. The third kappa shape index (κ3) is 5.21. The summed E-state index contributed by atoms with van der Waals surface area (Å²) in [5, 5.41) is -0.534. The Balaban J connectivity index is 1.90. The van der Waals surface area contributed by atoms with Crippen LogP contribution in [0.4, 0.5) is 4.79 Å². The van der Waals surface area contributed by atoms with Crippen LogP contribution in [0.3, 0.4) is 0 Å². The first-order chi connectivity index (χ1) is 14.3. The molecule has 2 aromatic rings. The number of likely N-dealkylation sites (tertiary alicyclic amines) is 1. The predicted molar refractivity (Wildman–Crippen MR) is 119 cm³/mol. The highest BCUT2D eigenvalue weighted by atomic mass is 32.2. The summed E-state index contributed by atoms with van der Waals surface area (Å²) in [7, 11) is -2.10. The predicted octanol–water partition coefficient (Wildman–Crippen LogP) is 3.82. The molecule has 2 aromatic carbocycles. The van der Waals surface area contributed by atoms with Crippen molar-refractivity contribution < 1.29 is 17.9 Å². The zero-order valence-corrected chi connectivity index (χ0v) is 18.6. The Morgan fingerprint density at radius 1 is 1.13 bits per heavy atom. The molecule has 1 aliphatic heterocycles.